The normalized spacial score (nSPS) is 24.8. The quantitative estimate of drug-likeness (QED) is 0.761. The molecule has 0 aromatic heterocycles. The third-order valence-electron chi connectivity index (χ3n) is 4.18. The highest BCUT2D eigenvalue weighted by Crippen LogP contribution is 2.31. The molecule has 0 aromatic rings. The van der Waals surface area contributed by atoms with Gasteiger partial charge in [-0.05, 0) is 46.5 Å². The van der Waals surface area contributed by atoms with Crippen LogP contribution in [-0.4, -0.2) is 63.4 Å². The number of hydrogen-bond acceptors (Lipinski definition) is 5. The van der Waals surface area contributed by atoms with Crippen molar-refractivity contribution in [3.8, 4) is 0 Å². The number of ether oxygens (including phenoxy) is 1. The number of likely N-dealkylation sites (tertiary alicyclic amines) is 2. The number of nitrogens with zero attached hydrogens (tertiary/aromatic N) is 2. The Bertz CT molecular complexity index is 497. The first kappa shape index (κ1) is 19.1. The molecule has 2 saturated heterocycles. The second kappa shape index (κ2) is 7.76. The smallest absolute Gasteiger partial charge is 0.411 e. The third kappa shape index (κ3) is 5.13. The van der Waals surface area contributed by atoms with Crippen molar-refractivity contribution in [2.75, 3.05) is 19.6 Å². The van der Waals surface area contributed by atoms with E-state index >= 15 is 0 Å². The van der Waals surface area contributed by atoms with E-state index in [0.717, 1.165) is 32.4 Å². The van der Waals surface area contributed by atoms with Crippen LogP contribution in [0.3, 0.4) is 0 Å². The highest BCUT2D eigenvalue weighted by atomic mass is 32.2. The Balaban J connectivity index is 2.11. The number of carbonyl (C=O) groups excluding carboxylic acids is 3. The predicted octanol–water partition coefficient (Wildman–Crippen LogP) is 2.66. The molecule has 7 heteroatoms. The Hall–Kier alpha value is -1.24. The van der Waals surface area contributed by atoms with E-state index < -0.39 is 17.7 Å². The van der Waals surface area contributed by atoms with E-state index in [2.05, 4.69) is 0 Å². The van der Waals surface area contributed by atoms with Crippen LogP contribution in [0.5, 0.6) is 0 Å². The molecule has 0 aliphatic carbocycles. The lowest BCUT2D eigenvalue weighted by molar-refractivity contribution is -0.136. The summed E-state index contributed by atoms with van der Waals surface area (Å²) in [7, 11) is 0. The molecule has 6 nitrogen and oxygen atoms in total. The fourth-order valence-electron chi connectivity index (χ4n) is 3.20. The molecule has 0 aromatic carbocycles. The maximum Gasteiger partial charge on any atom is 0.411 e. The van der Waals surface area contributed by atoms with Gasteiger partial charge in [0.2, 0.25) is 5.91 Å². The van der Waals surface area contributed by atoms with E-state index in [9.17, 15) is 14.4 Å². The van der Waals surface area contributed by atoms with E-state index in [4.69, 9.17) is 4.74 Å². The van der Waals surface area contributed by atoms with Gasteiger partial charge in [0.15, 0.2) is 5.12 Å². The fraction of sp³-hybridized carbons (Fsp3) is 0.824. The van der Waals surface area contributed by atoms with E-state index in [1.54, 1.807) is 0 Å². The lowest BCUT2D eigenvalue weighted by atomic mass is 10.1. The third-order valence-corrected chi connectivity index (χ3v) is 5.18. The lowest BCUT2D eigenvalue weighted by Gasteiger charge is -2.33. The van der Waals surface area contributed by atoms with E-state index in [-0.39, 0.29) is 16.3 Å². The average Bonchev–Trinajstić information content (AvgIpc) is 2.89. The molecule has 0 spiro atoms. The zero-order chi connectivity index (χ0) is 17.9. The van der Waals surface area contributed by atoms with Gasteiger partial charge in [-0.25, -0.2) is 4.79 Å². The van der Waals surface area contributed by atoms with Crippen LogP contribution in [0.2, 0.25) is 0 Å². The summed E-state index contributed by atoms with van der Waals surface area (Å²) >= 11 is 1.21. The van der Waals surface area contributed by atoms with Gasteiger partial charge < -0.3 is 9.64 Å². The van der Waals surface area contributed by atoms with Crippen molar-refractivity contribution < 1.29 is 19.1 Å². The Morgan fingerprint density at radius 2 is 1.71 bits per heavy atom. The van der Waals surface area contributed by atoms with Gasteiger partial charge in [-0.2, -0.15) is 0 Å². The number of piperidine rings is 1. The van der Waals surface area contributed by atoms with Gasteiger partial charge in [0.05, 0.1) is 0 Å². The molecular weight excluding hydrogens is 328 g/mol. The van der Waals surface area contributed by atoms with Crippen LogP contribution in [-0.2, 0) is 14.3 Å². The molecule has 2 fully saturated rings. The Morgan fingerprint density at radius 1 is 1.08 bits per heavy atom. The van der Waals surface area contributed by atoms with E-state index in [1.165, 1.54) is 23.6 Å². The Labute approximate surface area is 148 Å². The van der Waals surface area contributed by atoms with Crippen LogP contribution in [0.4, 0.5) is 4.79 Å². The SMILES string of the molecule is CC(=O)S[C@H]1C[C@@H](C(=O)N2CCCCC2)N(C(=O)OC(C)(C)C)C1. The Kier molecular flexibility index (Phi) is 6.17. The maximum absolute atomic E-state index is 12.9. The molecule has 2 amide bonds. The minimum atomic E-state index is -0.610. The van der Waals surface area contributed by atoms with Crippen LogP contribution in [0.15, 0.2) is 0 Å². The van der Waals surface area contributed by atoms with Crippen molar-refractivity contribution >= 4 is 28.9 Å². The largest absolute Gasteiger partial charge is 0.444 e. The summed E-state index contributed by atoms with van der Waals surface area (Å²) in [5.41, 5.74) is -0.610. The second-order valence-electron chi connectivity index (χ2n) is 7.50. The van der Waals surface area contributed by atoms with Crippen LogP contribution in [0, 0.1) is 0 Å². The van der Waals surface area contributed by atoms with Crippen molar-refractivity contribution in [3.05, 3.63) is 0 Å². The summed E-state index contributed by atoms with van der Waals surface area (Å²) in [4.78, 5) is 40.2. The monoisotopic (exact) mass is 356 g/mol. The first-order chi connectivity index (χ1) is 11.2. The zero-order valence-electron chi connectivity index (χ0n) is 15.0. The topological polar surface area (TPSA) is 66.9 Å². The predicted molar refractivity (Wildman–Crippen MR) is 93.8 cm³/mol. The molecule has 2 atom stereocenters. The van der Waals surface area contributed by atoms with Crippen molar-refractivity contribution in [1.82, 2.24) is 9.80 Å². The summed E-state index contributed by atoms with van der Waals surface area (Å²) in [6.07, 6.45) is 3.21. The molecule has 0 bridgehead atoms. The van der Waals surface area contributed by atoms with Crippen LogP contribution in [0.1, 0.15) is 53.4 Å². The number of thioether (sulfide) groups is 1. The average molecular weight is 356 g/mol. The number of amides is 2. The van der Waals surface area contributed by atoms with Gasteiger partial charge in [-0.1, -0.05) is 11.8 Å². The van der Waals surface area contributed by atoms with Gasteiger partial charge in [-0.3, -0.25) is 14.5 Å². The van der Waals surface area contributed by atoms with Crippen LogP contribution < -0.4 is 0 Å². The van der Waals surface area contributed by atoms with Crippen molar-refractivity contribution in [2.45, 2.75) is 70.3 Å². The molecule has 2 aliphatic heterocycles. The molecule has 0 radical (unpaired) electrons. The summed E-state index contributed by atoms with van der Waals surface area (Å²) < 4.78 is 5.46. The zero-order valence-corrected chi connectivity index (χ0v) is 15.9. The van der Waals surface area contributed by atoms with Crippen LogP contribution >= 0.6 is 11.8 Å². The van der Waals surface area contributed by atoms with Crippen molar-refractivity contribution in [2.24, 2.45) is 0 Å². The van der Waals surface area contributed by atoms with Crippen LogP contribution in [0.25, 0.3) is 0 Å². The molecule has 0 N–H and O–H groups in total. The molecule has 2 heterocycles. The number of hydrogen-bond donors (Lipinski definition) is 0. The highest BCUT2D eigenvalue weighted by molar-refractivity contribution is 8.14. The Morgan fingerprint density at radius 3 is 2.25 bits per heavy atom. The van der Waals surface area contributed by atoms with E-state index in [0.29, 0.717) is 13.0 Å². The van der Waals surface area contributed by atoms with Gasteiger partial charge >= 0.3 is 6.09 Å². The summed E-state index contributed by atoms with van der Waals surface area (Å²) in [6, 6.07) is -0.519. The molecular formula is C17H28N2O4S. The number of rotatable bonds is 2. The summed E-state index contributed by atoms with van der Waals surface area (Å²) in [5.74, 6) is -0.00721. The van der Waals surface area contributed by atoms with Gasteiger partial charge in [0.25, 0.3) is 0 Å². The lowest BCUT2D eigenvalue weighted by Crippen LogP contribution is -2.50. The minimum absolute atomic E-state index is 0.00721. The first-order valence-corrected chi connectivity index (χ1v) is 9.51. The second-order valence-corrected chi connectivity index (χ2v) is 8.98. The standard InChI is InChI=1S/C17H28N2O4S/c1-12(20)24-13-10-14(15(21)18-8-6-5-7-9-18)19(11-13)16(22)23-17(2,3)4/h13-14H,5-11H2,1-4H3/t13-,14-/m0/s1. The molecule has 136 valence electrons. The van der Waals surface area contributed by atoms with Crippen molar-refractivity contribution in [1.29, 1.82) is 0 Å². The van der Waals surface area contributed by atoms with Gasteiger partial charge in [-0.15, -0.1) is 0 Å². The first-order valence-electron chi connectivity index (χ1n) is 8.63. The summed E-state index contributed by atoms with van der Waals surface area (Å²) in [5, 5.41) is -0.0380. The number of carbonyl (C=O) groups is 3. The van der Waals surface area contributed by atoms with Crippen molar-refractivity contribution in [3.63, 3.8) is 0 Å². The molecule has 2 aliphatic rings. The molecule has 24 heavy (non-hydrogen) atoms. The summed E-state index contributed by atoms with van der Waals surface area (Å²) in [6.45, 7) is 8.83. The maximum atomic E-state index is 12.9. The van der Waals surface area contributed by atoms with E-state index in [1.807, 2.05) is 25.7 Å². The fourth-order valence-corrected chi connectivity index (χ4v) is 4.18. The highest BCUT2D eigenvalue weighted by Gasteiger charge is 2.43. The molecule has 0 saturated carbocycles. The van der Waals surface area contributed by atoms with Gasteiger partial charge in [0, 0.05) is 31.8 Å². The minimum Gasteiger partial charge on any atom is -0.444 e. The molecule has 0 unspecified atom stereocenters. The van der Waals surface area contributed by atoms with Gasteiger partial charge in [0.1, 0.15) is 11.6 Å². The molecule has 2 rings (SSSR count).